The molecular weight excluding hydrogens is 412 g/mol. The summed E-state index contributed by atoms with van der Waals surface area (Å²) >= 11 is 0. The minimum atomic E-state index is 0.154. The summed E-state index contributed by atoms with van der Waals surface area (Å²) in [6.07, 6.45) is 0.368. The number of nitrogens with zero attached hydrogens (tertiary/aromatic N) is 2. The van der Waals surface area contributed by atoms with Gasteiger partial charge in [0.2, 0.25) is 5.91 Å². The molecule has 1 saturated heterocycles. The van der Waals surface area contributed by atoms with Gasteiger partial charge < -0.3 is 14.4 Å². The Morgan fingerprint density at radius 3 is 1.85 bits per heavy atom. The lowest BCUT2D eigenvalue weighted by atomic mass is 9.96. The highest BCUT2D eigenvalue weighted by molar-refractivity contribution is 5.79. The van der Waals surface area contributed by atoms with Crippen LogP contribution in [0.15, 0.2) is 72.8 Å². The van der Waals surface area contributed by atoms with Crippen molar-refractivity contribution < 1.29 is 14.3 Å². The van der Waals surface area contributed by atoms with Crippen LogP contribution >= 0.6 is 0 Å². The standard InChI is InChI=1S/C28H32N2O3/c1-21-18-25(32-2)26(33-3)19-24(21)20-27(31)29-14-16-30(17-15-29)28(22-10-6-4-7-11-22)23-12-8-5-9-13-23/h4-13,18-19,28H,14-17,20H2,1-3H3. The number of hydrogen-bond donors (Lipinski definition) is 0. The number of rotatable bonds is 7. The number of hydrogen-bond acceptors (Lipinski definition) is 4. The Hall–Kier alpha value is -3.31. The zero-order valence-corrected chi connectivity index (χ0v) is 19.7. The van der Waals surface area contributed by atoms with E-state index in [1.165, 1.54) is 11.1 Å². The minimum absolute atomic E-state index is 0.154. The molecule has 4 rings (SSSR count). The highest BCUT2D eigenvalue weighted by Crippen LogP contribution is 2.32. The van der Waals surface area contributed by atoms with Crippen molar-refractivity contribution in [3.8, 4) is 11.5 Å². The van der Waals surface area contributed by atoms with Crippen LogP contribution in [0.1, 0.15) is 28.3 Å². The molecule has 1 amide bonds. The van der Waals surface area contributed by atoms with Crippen molar-refractivity contribution in [3.63, 3.8) is 0 Å². The third kappa shape index (κ3) is 5.20. The molecule has 0 spiro atoms. The van der Waals surface area contributed by atoms with Gasteiger partial charge in [-0.2, -0.15) is 0 Å². The zero-order chi connectivity index (χ0) is 23.2. The van der Waals surface area contributed by atoms with Gasteiger partial charge in [-0.15, -0.1) is 0 Å². The first-order valence-electron chi connectivity index (χ1n) is 11.4. The molecular formula is C28H32N2O3. The maximum Gasteiger partial charge on any atom is 0.227 e. The number of carbonyl (C=O) groups is 1. The molecule has 0 bridgehead atoms. The summed E-state index contributed by atoms with van der Waals surface area (Å²) in [5, 5.41) is 0. The summed E-state index contributed by atoms with van der Waals surface area (Å²) in [4.78, 5) is 17.6. The number of benzene rings is 3. The maximum absolute atomic E-state index is 13.1. The van der Waals surface area contributed by atoms with E-state index in [4.69, 9.17) is 9.47 Å². The Labute approximate surface area is 196 Å². The molecule has 0 unspecified atom stereocenters. The average Bonchev–Trinajstić information content (AvgIpc) is 2.87. The molecule has 1 fully saturated rings. The van der Waals surface area contributed by atoms with E-state index in [-0.39, 0.29) is 11.9 Å². The maximum atomic E-state index is 13.1. The van der Waals surface area contributed by atoms with E-state index >= 15 is 0 Å². The first-order chi connectivity index (χ1) is 16.1. The quantitative estimate of drug-likeness (QED) is 0.539. The van der Waals surface area contributed by atoms with E-state index in [0.29, 0.717) is 17.9 Å². The highest BCUT2D eigenvalue weighted by Gasteiger charge is 2.28. The molecule has 0 saturated carbocycles. The van der Waals surface area contributed by atoms with Gasteiger partial charge in [0.15, 0.2) is 11.5 Å². The van der Waals surface area contributed by atoms with Crippen LogP contribution in [-0.4, -0.2) is 56.1 Å². The summed E-state index contributed by atoms with van der Waals surface area (Å²) in [5.41, 5.74) is 4.58. The second-order valence-electron chi connectivity index (χ2n) is 8.45. The Kier molecular flexibility index (Phi) is 7.30. The number of piperazine rings is 1. The van der Waals surface area contributed by atoms with E-state index in [9.17, 15) is 4.79 Å². The number of methoxy groups -OCH3 is 2. The Morgan fingerprint density at radius 2 is 1.33 bits per heavy atom. The van der Waals surface area contributed by atoms with Crippen molar-refractivity contribution in [2.24, 2.45) is 0 Å². The van der Waals surface area contributed by atoms with Gasteiger partial charge in [-0.1, -0.05) is 60.7 Å². The lowest BCUT2D eigenvalue weighted by Crippen LogP contribution is -2.50. The monoisotopic (exact) mass is 444 g/mol. The van der Waals surface area contributed by atoms with Gasteiger partial charge in [-0.05, 0) is 41.3 Å². The fraction of sp³-hybridized carbons (Fsp3) is 0.321. The topological polar surface area (TPSA) is 42.0 Å². The molecule has 33 heavy (non-hydrogen) atoms. The lowest BCUT2D eigenvalue weighted by molar-refractivity contribution is -0.132. The van der Waals surface area contributed by atoms with Crippen LogP contribution in [0, 0.1) is 6.92 Å². The molecule has 0 N–H and O–H groups in total. The van der Waals surface area contributed by atoms with Crippen molar-refractivity contribution in [2.45, 2.75) is 19.4 Å². The predicted octanol–water partition coefficient (Wildman–Crippen LogP) is 4.49. The Morgan fingerprint density at radius 1 is 0.818 bits per heavy atom. The summed E-state index contributed by atoms with van der Waals surface area (Å²) < 4.78 is 10.8. The number of ether oxygens (including phenoxy) is 2. The van der Waals surface area contributed by atoms with Crippen LogP contribution in [0.25, 0.3) is 0 Å². The van der Waals surface area contributed by atoms with Gasteiger partial charge in [0.25, 0.3) is 0 Å². The fourth-order valence-corrected chi connectivity index (χ4v) is 4.60. The van der Waals surface area contributed by atoms with Crippen LogP contribution in [0.4, 0.5) is 0 Å². The van der Waals surface area contributed by atoms with Crippen molar-refractivity contribution in [3.05, 3.63) is 95.1 Å². The van der Waals surface area contributed by atoms with Crippen molar-refractivity contribution in [2.75, 3.05) is 40.4 Å². The lowest BCUT2D eigenvalue weighted by Gasteiger charge is -2.40. The van der Waals surface area contributed by atoms with Crippen LogP contribution in [0.5, 0.6) is 11.5 Å². The average molecular weight is 445 g/mol. The third-order valence-corrected chi connectivity index (χ3v) is 6.45. The summed E-state index contributed by atoms with van der Waals surface area (Å²) in [7, 11) is 3.24. The first-order valence-corrected chi connectivity index (χ1v) is 11.4. The summed E-state index contributed by atoms with van der Waals surface area (Å²) in [6.45, 7) is 5.13. The van der Waals surface area contributed by atoms with Gasteiger partial charge in [-0.3, -0.25) is 9.69 Å². The molecule has 172 valence electrons. The van der Waals surface area contributed by atoms with E-state index in [2.05, 4.69) is 65.6 Å². The van der Waals surface area contributed by atoms with Crippen LogP contribution in [0.2, 0.25) is 0 Å². The Bertz CT molecular complexity index is 1020. The van der Waals surface area contributed by atoms with Crippen molar-refractivity contribution >= 4 is 5.91 Å². The number of aryl methyl sites for hydroxylation is 1. The first kappa shape index (κ1) is 22.9. The molecule has 0 aromatic heterocycles. The molecule has 3 aromatic carbocycles. The highest BCUT2D eigenvalue weighted by atomic mass is 16.5. The fourth-order valence-electron chi connectivity index (χ4n) is 4.60. The second kappa shape index (κ2) is 10.5. The van der Waals surface area contributed by atoms with Gasteiger partial charge >= 0.3 is 0 Å². The second-order valence-corrected chi connectivity index (χ2v) is 8.45. The van der Waals surface area contributed by atoms with E-state index in [1.807, 2.05) is 24.0 Å². The summed E-state index contributed by atoms with van der Waals surface area (Å²) in [6, 6.07) is 25.3. The molecule has 3 aromatic rings. The van der Waals surface area contributed by atoms with Gasteiger partial charge in [-0.25, -0.2) is 0 Å². The number of amides is 1. The normalized spacial score (nSPS) is 14.4. The molecule has 1 aliphatic rings. The van der Waals surface area contributed by atoms with E-state index in [1.54, 1.807) is 14.2 Å². The van der Waals surface area contributed by atoms with Crippen LogP contribution < -0.4 is 9.47 Å². The van der Waals surface area contributed by atoms with Gasteiger partial charge in [0.05, 0.1) is 26.7 Å². The molecule has 0 atom stereocenters. The Balaban J connectivity index is 1.45. The third-order valence-electron chi connectivity index (χ3n) is 6.45. The molecule has 1 heterocycles. The molecule has 0 aliphatic carbocycles. The SMILES string of the molecule is COc1cc(C)c(CC(=O)N2CCN(C(c3ccccc3)c3ccccc3)CC2)cc1OC. The number of carbonyl (C=O) groups excluding carboxylic acids is 1. The molecule has 5 nitrogen and oxygen atoms in total. The van der Waals surface area contributed by atoms with Crippen molar-refractivity contribution in [1.82, 2.24) is 9.80 Å². The van der Waals surface area contributed by atoms with Crippen LogP contribution in [-0.2, 0) is 11.2 Å². The predicted molar refractivity (Wildman–Crippen MR) is 131 cm³/mol. The van der Waals surface area contributed by atoms with E-state index < -0.39 is 0 Å². The largest absolute Gasteiger partial charge is 0.493 e. The summed E-state index contributed by atoms with van der Waals surface area (Å²) in [5.74, 6) is 1.50. The van der Waals surface area contributed by atoms with Gasteiger partial charge in [0, 0.05) is 26.2 Å². The minimum Gasteiger partial charge on any atom is -0.493 e. The van der Waals surface area contributed by atoms with Gasteiger partial charge in [0.1, 0.15) is 0 Å². The van der Waals surface area contributed by atoms with Crippen LogP contribution in [0.3, 0.4) is 0 Å². The van der Waals surface area contributed by atoms with Crippen molar-refractivity contribution in [1.29, 1.82) is 0 Å². The zero-order valence-electron chi connectivity index (χ0n) is 19.7. The molecule has 1 aliphatic heterocycles. The van der Waals surface area contributed by atoms with E-state index in [0.717, 1.165) is 37.3 Å². The smallest absolute Gasteiger partial charge is 0.227 e. The molecule has 5 heteroatoms. The molecule has 0 radical (unpaired) electrons.